The summed E-state index contributed by atoms with van der Waals surface area (Å²) < 4.78 is 15.5. The van der Waals surface area contributed by atoms with E-state index in [0.717, 1.165) is 25.9 Å². The Morgan fingerprint density at radius 1 is 1.33 bits per heavy atom. The molecule has 0 atom stereocenters. The van der Waals surface area contributed by atoms with Crippen LogP contribution >= 0.6 is 0 Å². The van der Waals surface area contributed by atoms with E-state index < -0.39 is 0 Å². The van der Waals surface area contributed by atoms with E-state index in [1.54, 1.807) is 24.7 Å². The first-order valence-corrected chi connectivity index (χ1v) is 6.00. The van der Waals surface area contributed by atoms with E-state index in [1.165, 1.54) is 6.07 Å². The Morgan fingerprint density at radius 2 is 2.22 bits per heavy atom. The van der Waals surface area contributed by atoms with Crippen molar-refractivity contribution in [2.75, 3.05) is 17.6 Å². The Morgan fingerprint density at radius 3 is 2.94 bits per heavy atom. The van der Waals surface area contributed by atoms with Crippen molar-refractivity contribution in [3.8, 4) is 0 Å². The molecule has 0 aliphatic rings. The van der Waals surface area contributed by atoms with Crippen LogP contribution < -0.4 is 11.1 Å². The highest BCUT2D eigenvalue weighted by atomic mass is 19.1. The molecule has 0 bridgehead atoms. The first kappa shape index (κ1) is 12.4. The molecule has 0 unspecified atom stereocenters. The molecule has 4 nitrogen and oxygen atoms in total. The summed E-state index contributed by atoms with van der Waals surface area (Å²) in [7, 11) is 0. The van der Waals surface area contributed by atoms with E-state index in [4.69, 9.17) is 5.73 Å². The van der Waals surface area contributed by atoms with Crippen LogP contribution in [0.5, 0.6) is 0 Å². The number of hydrogen-bond acceptors (Lipinski definition) is 3. The quantitative estimate of drug-likeness (QED) is 0.610. The zero-order chi connectivity index (χ0) is 12.8. The highest BCUT2D eigenvalue weighted by Crippen LogP contribution is 2.16. The molecule has 0 aliphatic carbocycles. The van der Waals surface area contributed by atoms with Gasteiger partial charge in [-0.15, -0.1) is 0 Å². The Bertz CT molecular complexity index is 482. The number of aromatic nitrogens is 2. The zero-order valence-corrected chi connectivity index (χ0v) is 10.1. The number of nitrogens with one attached hydrogen (secondary N) is 1. The number of nitrogens with two attached hydrogens (primary N) is 1. The topological polar surface area (TPSA) is 55.9 Å². The second-order valence-electron chi connectivity index (χ2n) is 4.17. The van der Waals surface area contributed by atoms with Gasteiger partial charge in [-0.1, -0.05) is 0 Å². The molecule has 2 rings (SSSR count). The summed E-state index contributed by atoms with van der Waals surface area (Å²) in [5.74, 6) is -0.301. The lowest BCUT2D eigenvalue weighted by Gasteiger charge is -2.08. The molecule has 0 aliphatic heterocycles. The van der Waals surface area contributed by atoms with E-state index in [0.29, 0.717) is 11.4 Å². The highest BCUT2D eigenvalue weighted by Gasteiger charge is 2.01. The third kappa shape index (κ3) is 3.48. The third-order valence-corrected chi connectivity index (χ3v) is 2.71. The molecule has 96 valence electrons. The van der Waals surface area contributed by atoms with Gasteiger partial charge in [-0.2, -0.15) is 0 Å². The molecule has 0 spiro atoms. The predicted octanol–water partition coefficient (Wildman–Crippen LogP) is 2.50. The molecule has 1 aromatic heterocycles. The Hall–Kier alpha value is -2.04. The number of benzene rings is 1. The Balaban J connectivity index is 1.69. The minimum absolute atomic E-state index is 0.301. The molecule has 0 radical (unpaired) electrons. The summed E-state index contributed by atoms with van der Waals surface area (Å²) in [6.45, 7) is 1.68. The van der Waals surface area contributed by atoms with Crippen LogP contribution in [0.15, 0.2) is 36.9 Å². The summed E-state index contributed by atoms with van der Waals surface area (Å²) >= 11 is 0. The Kier molecular flexibility index (Phi) is 4.17. The van der Waals surface area contributed by atoms with Crippen LogP contribution in [0.3, 0.4) is 0 Å². The smallest absolute Gasteiger partial charge is 0.148 e. The summed E-state index contributed by atoms with van der Waals surface area (Å²) in [4.78, 5) is 3.97. The van der Waals surface area contributed by atoms with E-state index in [9.17, 15) is 4.39 Å². The fourth-order valence-corrected chi connectivity index (χ4v) is 1.74. The molecule has 0 saturated carbocycles. The summed E-state index contributed by atoms with van der Waals surface area (Å²) in [6.07, 6.45) is 7.50. The predicted molar refractivity (Wildman–Crippen MR) is 70.8 cm³/mol. The fraction of sp³-hybridized carbons (Fsp3) is 0.308. The molecule has 0 fully saturated rings. The molecule has 18 heavy (non-hydrogen) atoms. The van der Waals surface area contributed by atoms with Crippen LogP contribution in [0.25, 0.3) is 0 Å². The molecule has 2 aromatic rings. The SMILES string of the molecule is Nc1ccc(NCCCCn2ccnc2)c(F)c1. The molecule has 0 amide bonds. The van der Waals surface area contributed by atoms with Gasteiger partial charge in [-0.05, 0) is 31.0 Å². The van der Waals surface area contributed by atoms with Crippen molar-refractivity contribution >= 4 is 11.4 Å². The van der Waals surface area contributed by atoms with Gasteiger partial charge in [0.1, 0.15) is 5.82 Å². The van der Waals surface area contributed by atoms with E-state index in [1.807, 2.05) is 10.8 Å². The molecule has 0 saturated heterocycles. The monoisotopic (exact) mass is 248 g/mol. The number of anilines is 2. The number of unbranched alkanes of at least 4 members (excludes halogenated alkanes) is 1. The maximum Gasteiger partial charge on any atom is 0.148 e. The van der Waals surface area contributed by atoms with Gasteiger partial charge < -0.3 is 15.6 Å². The number of imidazole rings is 1. The molecule has 1 aromatic carbocycles. The van der Waals surface area contributed by atoms with Gasteiger partial charge in [-0.25, -0.2) is 9.37 Å². The van der Waals surface area contributed by atoms with Crippen LogP contribution in [-0.2, 0) is 6.54 Å². The average Bonchev–Trinajstić information content (AvgIpc) is 2.84. The van der Waals surface area contributed by atoms with Crippen molar-refractivity contribution in [2.24, 2.45) is 0 Å². The second kappa shape index (κ2) is 6.05. The van der Waals surface area contributed by atoms with Crippen LogP contribution in [0.1, 0.15) is 12.8 Å². The van der Waals surface area contributed by atoms with Crippen molar-refractivity contribution in [2.45, 2.75) is 19.4 Å². The van der Waals surface area contributed by atoms with Gasteiger partial charge in [0.25, 0.3) is 0 Å². The van der Waals surface area contributed by atoms with Crippen LogP contribution in [0, 0.1) is 5.82 Å². The number of hydrogen-bond donors (Lipinski definition) is 2. The normalized spacial score (nSPS) is 10.5. The first-order chi connectivity index (χ1) is 8.75. The number of nitrogen functional groups attached to an aromatic ring is 1. The maximum atomic E-state index is 13.4. The van der Waals surface area contributed by atoms with Crippen LogP contribution in [0.2, 0.25) is 0 Å². The standard InChI is InChI=1S/C13H17FN4/c14-12-9-11(15)3-4-13(12)17-5-1-2-7-18-8-6-16-10-18/h3-4,6,8-10,17H,1-2,5,7,15H2. The van der Waals surface area contributed by atoms with E-state index in [-0.39, 0.29) is 5.82 Å². The van der Waals surface area contributed by atoms with Gasteiger partial charge >= 0.3 is 0 Å². The minimum Gasteiger partial charge on any atom is -0.399 e. The average molecular weight is 248 g/mol. The van der Waals surface area contributed by atoms with Crippen LogP contribution in [-0.4, -0.2) is 16.1 Å². The summed E-state index contributed by atoms with van der Waals surface area (Å²) in [5.41, 5.74) is 6.43. The van der Waals surface area contributed by atoms with Gasteiger partial charge in [0.15, 0.2) is 0 Å². The lowest BCUT2D eigenvalue weighted by atomic mass is 10.2. The lowest BCUT2D eigenvalue weighted by Crippen LogP contribution is -2.05. The number of aryl methyl sites for hydroxylation is 1. The van der Waals surface area contributed by atoms with Gasteiger partial charge in [-0.3, -0.25) is 0 Å². The number of halogens is 1. The molecular formula is C13H17FN4. The Labute approximate surface area is 106 Å². The zero-order valence-electron chi connectivity index (χ0n) is 10.1. The van der Waals surface area contributed by atoms with Crippen LogP contribution in [0.4, 0.5) is 15.8 Å². The van der Waals surface area contributed by atoms with Gasteiger partial charge in [0, 0.05) is 31.2 Å². The fourth-order valence-electron chi connectivity index (χ4n) is 1.74. The number of nitrogens with zero attached hydrogens (tertiary/aromatic N) is 2. The van der Waals surface area contributed by atoms with E-state index >= 15 is 0 Å². The minimum atomic E-state index is -0.301. The van der Waals surface area contributed by atoms with Gasteiger partial charge in [0.2, 0.25) is 0 Å². The summed E-state index contributed by atoms with van der Waals surface area (Å²) in [5, 5.41) is 3.06. The highest BCUT2D eigenvalue weighted by molar-refractivity contribution is 5.52. The largest absolute Gasteiger partial charge is 0.399 e. The van der Waals surface area contributed by atoms with E-state index in [2.05, 4.69) is 10.3 Å². The van der Waals surface area contributed by atoms with Crippen molar-refractivity contribution in [3.05, 3.63) is 42.7 Å². The van der Waals surface area contributed by atoms with Crippen molar-refractivity contribution < 1.29 is 4.39 Å². The summed E-state index contributed by atoms with van der Waals surface area (Å²) in [6, 6.07) is 4.69. The number of rotatable bonds is 6. The molecular weight excluding hydrogens is 231 g/mol. The van der Waals surface area contributed by atoms with Crippen molar-refractivity contribution in [1.29, 1.82) is 0 Å². The van der Waals surface area contributed by atoms with Crippen molar-refractivity contribution in [3.63, 3.8) is 0 Å². The molecule has 3 N–H and O–H groups in total. The molecule has 1 heterocycles. The van der Waals surface area contributed by atoms with Gasteiger partial charge in [0.05, 0.1) is 12.0 Å². The molecule has 5 heteroatoms. The third-order valence-electron chi connectivity index (χ3n) is 2.71. The first-order valence-electron chi connectivity index (χ1n) is 6.00. The maximum absolute atomic E-state index is 13.4. The second-order valence-corrected chi connectivity index (χ2v) is 4.17. The van der Waals surface area contributed by atoms with Crippen molar-refractivity contribution in [1.82, 2.24) is 9.55 Å². The lowest BCUT2D eigenvalue weighted by molar-refractivity contribution is 0.613.